The number of aromatic amines is 1. The van der Waals surface area contributed by atoms with Crippen LogP contribution in [0, 0.1) is 6.92 Å². The predicted molar refractivity (Wildman–Crippen MR) is 124 cm³/mol. The van der Waals surface area contributed by atoms with Crippen LogP contribution in [0.25, 0.3) is 11.6 Å². The first-order chi connectivity index (χ1) is 13.7. The predicted octanol–water partition coefficient (Wildman–Crippen LogP) is 3.12. The van der Waals surface area contributed by atoms with Crippen molar-refractivity contribution in [3.63, 3.8) is 0 Å². The monoisotopic (exact) mass is 510 g/mol. The SMILES string of the molecule is CN=C(NCCc1nc(-c2ccco2)n[nH]1)N(C)CCOc1ccc(C)cc1.I. The van der Waals surface area contributed by atoms with E-state index >= 15 is 0 Å². The second kappa shape index (κ2) is 11.4. The lowest BCUT2D eigenvalue weighted by Gasteiger charge is -2.22. The molecule has 2 N–H and O–H groups in total. The number of aromatic nitrogens is 3. The summed E-state index contributed by atoms with van der Waals surface area (Å²) in [4.78, 5) is 10.8. The van der Waals surface area contributed by atoms with Gasteiger partial charge in [-0.1, -0.05) is 17.7 Å². The van der Waals surface area contributed by atoms with Crippen LogP contribution in [0.1, 0.15) is 11.4 Å². The smallest absolute Gasteiger partial charge is 0.216 e. The summed E-state index contributed by atoms with van der Waals surface area (Å²) in [6.07, 6.45) is 2.30. The molecule has 3 rings (SSSR count). The molecule has 0 radical (unpaired) electrons. The average molecular weight is 510 g/mol. The Labute approximate surface area is 187 Å². The number of nitrogens with one attached hydrogen (secondary N) is 2. The van der Waals surface area contributed by atoms with Gasteiger partial charge in [-0.05, 0) is 31.2 Å². The van der Waals surface area contributed by atoms with Gasteiger partial charge in [0.1, 0.15) is 18.2 Å². The van der Waals surface area contributed by atoms with Crippen LogP contribution in [-0.2, 0) is 6.42 Å². The van der Waals surface area contributed by atoms with Gasteiger partial charge in [-0.25, -0.2) is 4.98 Å². The number of hydrogen-bond donors (Lipinski definition) is 2. The molecule has 0 saturated carbocycles. The fraction of sp³-hybridized carbons (Fsp3) is 0.350. The number of ether oxygens (including phenoxy) is 1. The number of likely N-dealkylation sites (N-methyl/N-ethyl adjacent to an activating group) is 1. The van der Waals surface area contributed by atoms with Gasteiger partial charge >= 0.3 is 0 Å². The van der Waals surface area contributed by atoms with E-state index in [2.05, 4.69) is 32.4 Å². The molecule has 0 amide bonds. The van der Waals surface area contributed by atoms with Crippen molar-refractivity contribution in [3.8, 4) is 17.3 Å². The van der Waals surface area contributed by atoms with Crippen LogP contribution in [0.5, 0.6) is 5.75 Å². The zero-order chi connectivity index (χ0) is 19.8. The van der Waals surface area contributed by atoms with Gasteiger partial charge in [0.25, 0.3) is 0 Å². The first-order valence-corrected chi connectivity index (χ1v) is 9.22. The molecule has 1 aromatic carbocycles. The van der Waals surface area contributed by atoms with Crippen molar-refractivity contribution in [3.05, 3.63) is 54.0 Å². The van der Waals surface area contributed by atoms with Gasteiger partial charge < -0.3 is 19.4 Å². The van der Waals surface area contributed by atoms with Crippen molar-refractivity contribution < 1.29 is 9.15 Å². The van der Waals surface area contributed by atoms with Crippen LogP contribution in [0.4, 0.5) is 0 Å². The molecule has 3 aromatic rings. The van der Waals surface area contributed by atoms with Crippen LogP contribution >= 0.6 is 24.0 Å². The van der Waals surface area contributed by atoms with E-state index in [0.29, 0.717) is 31.2 Å². The van der Waals surface area contributed by atoms with E-state index in [0.717, 1.165) is 24.1 Å². The fourth-order valence-corrected chi connectivity index (χ4v) is 2.64. The van der Waals surface area contributed by atoms with Crippen molar-refractivity contribution >= 4 is 29.9 Å². The molecule has 0 aliphatic carbocycles. The second-order valence-corrected chi connectivity index (χ2v) is 6.39. The molecule has 0 saturated heterocycles. The molecule has 0 aliphatic heterocycles. The maximum atomic E-state index is 5.78. The summed E-state index contributed by atoms with van der Waals surface area (Å²) >= 11 is 0. The van der Waals surface area contributed by atoms with Gasteiger partial charge in [-0.2, -0.15) is 5.10 Å². The van der Waals surface area contributed by atoms with Crippen molar-refractivity contribution in [2.24, 2.45) is 4.99 Å². The summed E-state index contributed by atoms with van der Waals surface area (Å²) in [7, 11) is 3.75. The Bertz CT molecular complexity index is 877. The van der Waals surface area contributed by atoms with Crippen LogP contribution in [0.15, 0.2) is 52.1 Å². The lowest BCUT2D eigenvalue weighted by molar-refractivity contribution is 0.281. The summed E-state index contributed by atoms with van der Waals surface area (Å²) in [6.45, 7) is 4.04. The number of rotatable bonds is 8. The Morgan fingerprint density at radius 3 is 2.76 bits per heavy atom. The summed E-state index contributed by atoms with van der Waals surface area (Å²) < 4.78 is 11.1. The Morgan fingerprint density at radius 2 is 2.07 bits per heavy atom. The molecular formula is C20H27IN6O2. The molecule has 0 aliphatic rings. The lowest BCUT2D eigenvalue weighted by atomic mass is 10.2. The Kier molecular flexibility index (Phi) is 8.97. The molecule has 0 spiro atoms. The van der Waals surface area contributed by atoms with E-state index in [1.54, 1.807) is 13.3 Å². The fourth-order valence-electron chi connectivity index (χ4n) is 2.64. The van der Waals surface area contributed by atoms with Crippen molar-refractivity contribution in [1.29, 1.82) is 0 Å². The Morgan fingerprint density at radius 1 is 1.28 bits per heavy atom. The van der Waals surface area contributed by atoms with Crippen LogP contribution in [0.3, 0.4) is 0 Å². The third-order valence-electron chi connectivity index (χ3n) is 4.21. The van der Waals surface area contributed by atoms with Gasteiger partial charge in [0.15, 0.2) is 11.7 Å². The minimum atomic E-state index is 0. The third kappa shape index (κ3) is 6.77. The quantitative estimate of drug-likeness (QED) is 0.275. The van der Waals surface area contributed by atoms with E-state index in [1.807, 2.05) is 48.3 Å². The molecule has 0 unspecified atom stereocenters. The number of aliphatic imine (C=N–C) groups is 1. The zero-order valence-corrected chi connectivity index (χ0v) is 19.2. The van der Waals surface area contributed by atoms with Gasteiger partial charge in [-0.15, -0.1) is 24.0 Å². The number of aryl methyl sites for hydroxylation is 1. The molecule has 8 nitrogen and oxygen atoms in total. The highest BCUT2D eigenvalue weighted by Gasteiger charge is 2.09. The zero-order valence-electron chi connectivity index (χ0n) is 16.9. The van der Waals surface area contributed by atoms with E-state index in [1.165, 1.54) is 5.56 Å². The molecule has 29 heavy (non-hydrogen) atoms. The summed E-state index contributed by atoms with van der Waals surface area (Å²) in [5, 5.41) is 10.4. The highest BCUT2D eigenvalue weighted by Crippen LogP contribution is 2.14. The molecular weight excluding hydrogens is 483 g/mol. The molecule has 2 aromatic heterocycles. The maximum Gasteiger partial charge on any atom is 0.216 e. The van der Waals surface area contributed by atoms with Gasteiger partial charge in [0, 0.05) is 27.1 Å². The maximum absolute atomic E-state index is 5.78. The molecule has 9 heteroatoms. The third-order valence-corrected chi connectivity index (χ3v) is 4.21. The number of hydrogen-bond acceptors (Lipinski definition) is 5. The van der Waals surface area contributed by atoms with E-state index < -0.39 is 0 Å². The molecule has 0 atom stereocenters. The minimum Gasteiger partial charge on any atom is -0.492 e. The van der Waals surface area contributed by atoms with Crippen molar-refractivity contribution in [1.82, 2.24) is 25.4 Å². The Hall–Kier alpha value is -2.56. The molecule has 0 fully saturated rings. The highest BCUT2D eigenvalue weighted by molar-refractivity contribution is 14.0. The van der Waals surface area contributed by atoms with Crippen LogP contribution < -0.4 is 10.1 Å². The summed E-state index contributed by atoms with van der Waals surface area (Å²) in [5.74, 6) is 3.69. The van der Waals surface area contributed by atoms with E-state index in [-0.39, 0.29) is 24.0 Å². The average Bonchev–Trinajstić information content (AvgIpc) is 3.38. The normalized spacial score (nSPS) is 11.1. The molecule has 0 bridgehead atoms. The first kappa shape index (κ1) is 22.7. The number of halogens is 1. The Balaban J connectivity index is 0.00000300. The number of furan rings is 1. The lowest BCUT2D eigenvalue weighted by Crippen LogP contribution is -2.41. The molecule has 2 heterocycles. The first-order valence-electron chi connectivity index (χ1n) is 9.22. The number of guanidine groups is 1. The second-order valence-electron chi connectivity index (χ2n) is 6.39. The summed E-state index contributed by atoms with van der Waals surface area (Å²) in [6, 6.07) is 11.7. The molecule has 156 valence electrons. The van der Waals surface area contributed by atoms with Gasteiger partial charge in [-0.3, -0.25) is 10.1 Å². The summed E-state index contributed by atoms with van der Waals surface area (Å²) in [5.41, 5.74) is 1.22. The highest BCUT2D eigenvalue weighted by atomic mass is 127. The van der Waals surface area contributed by atoms with Crippen LogP contribution in [-0.4, -0.2) is 59.8 Å². The van der Waals surface area contributed by atoms with E-state index in [4.69, 9.17) is 9.15 Å². The number of H-pyrrole nitrogens is 1. The topological polar surface area (TPSA) is 91.6 Å². The van der Waals surface area contributed by atoms with Gasteiger partial charge in [0.2, 0.25) is 5.82 Å². The van der Waals surface area contributed by atoms with Crippen molar-refractivity contribution in [2.75, 3.05) is 33.8 Å². The van der Waals surface area contributed by atoms with Gasteiger partial charge in [0.05, 0.1) is 12.8 Å². The minimum absolute atomic E-state index is 0. The number of nitrogens with zero attached hydrogens (tertiary/aromatic N) is 4. The van der Waals surface area contributed by atoms with Crippen LogP contribution in [0.2, 0.25) is 0 Å². The van der Waals surface area contributed by atoms with E-state index in [9.17, 15) is 0 Å². The number of benzene rings is 1. The van der Waals surface area contributed by atoms with Crippen molar-refractivity contribution in [2.45, 2.75) is 13.3 Å². The standard InChI is InChI=1S/C20H26N6O2.HI/c1-15-6-8-16(9-7-15)27-14-12-26(3)20(21-2)22-11-10-18-23-19(25-24-18)17-5-4-13-28-17;/h4-9,13H,10-12,14H2,1-3H3,(H,21,22)(H,23,24,25);1H. The largest absolute Gasteiger partial charge is 0.492 e.